The van der Waals surface area contributed by atoms with Crippen LogP contribution in [0.25, 0.3) is 0 Å². The van der Waals surface area contributed by atoms with E-state index in [9.17, 15) is 14.3 Å². The second-order valence-electron chi connectivity index (χ2n) is 7.91. The molecule has 1 N–H and O–H groups in total. The van der Waals surface area contributed by atoms with Crippen LogP contribution in [0.15, 0.2) is 42.5 Å². The Kier molecular flexibility index (Phi) is 5.06. The Balaban J connectivity index is 1.52. The third kappa shape index (κ3) is 3.61. The number of carbonyl (C=O) groups excluding carboxylic acids is 1. The van der Waals surface area contributed by atoms with Gasteiger partial charge in [0.05, 0.1) is 0 Å². The smallest absolute Gasteiger partial charge is 0.410 e. The Morgan fingerprint density at radius 1 is 1.21 bits per heavy atom. The van der Waals surface area contributed by atoms with Crippen molar-refractivity contribution < 1.29 is 19.0 Å². The van der Waals surface area contributed by atoms with E-state index >= 15 is 0 Å². The molecular weight excluding hydrogens is 359 g/mol. The van der Waals surface area contributed by atoms with Gasteiger partial charge >= 0.3 is 6.09 Å². The van der Waals surface area contributed by atoms with E-state index in [0.29, 0.717) is 5.69 Å². The molecule has 0 aliphatic carbocycles. The van der Waals surface area contributed by atoms with Gasteiger partial charge in [-0.1, -0.05) is 30.3 Å². The van der Waals surface area contributed by atoms with E-state index in [4.69, 9.17) is 4.74 Å². The highest BCUT2D eigenvalue weighted by Gasteiger charge is 2.50. The van der Waals surface area contributed by atoms with E-state index in [1.165, 1.54) is 6.07 Å². The number of rotatable bonds is 3. The number of fused-ring (bicyclic) bond motifs is 2. The molecule has 2 aliphatic heterocycles. The van der Waals surface area contributed by atoms with Crippen molar-refractivity contribution in [3.63, 3.8) is 0 Å². The molecule has 0 radical (unpaired) electrons. The first kappa shape index (κ1) is 18.9. The number of hydrogen-bond acceptors (Lipinski definition) is 4. The van der Waals surface area contributed by atoms with Gasteiger partial charge in [-0.2, -0.15) is 0 Å². The summed E-state index contributed by atoms with van der Waals surface area (Å²) in [4.78, 5) is 18.8. The molecule has 2 saturated heterocycles. The van der Waals surface area contributed by atoms with Crippen molar-refractivity contribution in [1.29, 1.82) is 0 Å². The topological polar surface area (TPSA) is 62.7 Å². The molecule has 6 heteroatoms. The first-order valence-electron chi connectivity index (χ1n) is 9.81. The van der Waals surface area contributed by atoms with E-state index in [-0.39, 0.29) is 43.3 Å². The van der Waals surface area contributed by atoms with Gasteiger partial charge < -0.3 is 14.7 Å². The van der Waals surface area contributed by atoms with Crippen molar-refractivity contribution in [2.45, 2.75) is 63.3 Å². The number of hydrogen-bond donors (Lipinski definition) is 1. The van der Waals surface area contributed by atoms with Gasteiger partial charge in [0, 0.05) is 30.6 Å². The molecule has 2 aromatic rings. The maximum atomic E-state index is 14.4. The zero-order valence-electron chi connectivity index (χ0n) is 16.0. The number of carbonyl (C=O) groups is 1. The lowest BCUT2D eigenvalue weighted by Crippen LogP contribution is -2.59. The molecule has 2 fully saturated rings. The summed E-state index contributed by atoms with van der Waals surface area (Å²) in [7, 11) is 0. The summed E-state index contributed by atoms with van der Waals surface area (Å²) in [5.41, 5.74) is 0.337. The van der Waals surface area contributed by atoms with Crippen molar-refractivity contribution in [2.24, 2.45) is 0 Å². The molecule has 4 rings (SSSR count). The fraction of sp³-hybridized carbons (Fsp3) is 0.455. The predicted molar refractivity (Wildman–Crippen MR) is 102 cm³/mol. The van der Waals surface area contributed by atoms with Crippen LogP contribution >= 0.6 is 0 Å². The van der Waals surface area contributed by atoms with Gasteiger partial charge in [-0.3, -0.25) is 4.98 Å². The van der Waals surface area contributed by atoms with E-state index in [1.807, 2.05) is 30.3 Å². The zero-order chi connectivity index (χ0) is 19.7. The van der Waals surface area contributed by atoms with Crippen molar-refractivity contribution in [3.05, 3.63) is 65.2 Å². The molecule has 3 heterocycles. The van der Waals surface area contributed by atoms with Crippen LogP contribution in [0.5, 0.6) is 0 Å². The Hall–Kier alpha value is -2.47. The summed E-state index contributed by atoms with van der Waals surface area (Å²) in [6, 6.07) is 12.1. The van der Waals surface area contributed by atoms with Crippen molar-refractivity contribution in [2.75, 3.05) is 0 Å². The quantitative estimate of drug-likeness (QED) is 0.867. The zero-order valence-corrected chi connectivity index (χ0v) is 16.0. The second kappa shape index (κ2) is 7.51. The average Bonchev–Trinajstić information content (AvgIpc) is 2.68. The van der Waals surface area contributed by atoms with Crippen LogP contribution in [-0.4, -0.2) is 33.2 Å². The fourth-order valence-electron chi connectivity index (χ4n) is 4.58. The highest BCUT2D eigenvalue weighted by Crippen LogP contribution is 2.44. The lowest BCUT2D eigenvalue weighted by Gasteiger charge is -2.51. The molecule has 1 aromatic heterocycles. The third-order valence-electron chi connectivity index (χ3n) is 5.85. The van der Waals surface area contributed by atoms with Crippen LogP contribution in [0.1, 0.15) is 49.1 Å². The predicted octanol–water partition coefficient (Wildman–Crippen LogP) is 4.07. The van der Waals surface area contributed by atoms with Crippen molar-refractivity contribution in [1.82, 2.24) is 9.88 Å². The number of aromatic nitrogens is 1. The molecule has 1 amide bonds. The SMILES string of the molecule is Cc1ccc(F)c(C2(O)CC3CCCC(C2)N3C(=O)OCc2ccccc2)n1. The molecule has 148 valence electrons. The van der Waals surface area contributed by atoms with Gasteiger partial charge in [-0.25, -0.2) is 9.18 Å². The molecule has 0 saturated carbocycles. The molecule has 1 aromatic carbocycles. The van der Waals surface area contributed by atoms with E-state index < -0.39 is 11.4 Å². The first-order chi connectivity index (χ1) is 13.5. The lowest BCUT2D eigenvalue weighted by molar-refractivity contribution is -0.0935. The average molecular weight is 384 g/mol. The fourth-order valence-corrected chi connectivity index (χ4v) is 4.58. The number of halogens is 1. The number of aryl methyl sites for hydroxylation is 1. The Morgan fingerprint density at radius 2 is 1.89 bits per heavy atom. The van der Waals surface area contributed by atoms with Gasteiger partial charge in [-0.15, -0.1) is 0 Å². The number of amides is 1. The highest BCUT2D eigenvalue weighted by atomic mass is 19.1. The van der Waals surface area contributed by atoms with Gasteiger partial charge in [0.2, 0.25) is 0 Å². The molecular formula is C22H25FN2O3. The van der Waals surface area contributed by atoms with Crippen LogP contribution in [0.2, 0.25) is 0 Å². The minimum atomic E-state index is -1.36. The van der Waals surface area contributed by atoms with E-state index in [2.05, 4.69) is 4.98 Å². The van der Waals surface area contributed by atoms with Crippen LogP contribution < -0.4 is 0 Å². The van der Waals surface area contributed by atoms with Gasteiger partial charge in [0.1, 0.15) is 23.7 Å². The number of nitrogens with zero attached hydrogens (tertiary/aromatic N) is 2. The number of aliphatic hydroxyl groups is 1. The van der Waals surface area contributed by atoms with Crippen LogP contribution in [0, 0.1) is 12.7 Å². The third-order valence-corrected chi connectivity index (χ3v) is 5.85. The van der Waals surface area contributed by atoms with Crippen LogP contribution in [0.3, 0.4) is 0 Å². The summed E-state index contributed by atoms with van der Waals surface area (Å²) in [5.74, 6) is -0.494. The summed E-state index contributed by atoms with van der Waals surface area (Å²) in [5, 5.41) is 11.3. The molecule has 28 heavy (non-hydrogen) atoms. The number of benzene rings is 1. The molecule has 5 nitrogen and oxygen atoms in total. The largest absolute Gasteiger partial charge is 0.445 e. The summed E-state index contributed by atoms with van der Waals surface area (Å²) < 4.78 is 19.9. The monoisotopic (exact) mass is 384 g/mol. The van der Waals surface area contributed by atoms with Crippen molar-refractivity contribution >= 4 is 6.09 Å². The Bertz CT molecular complexity index is 844. The molecule has 2 bridgehead atoms. The van der Waals surface area contributed by atoms with E-state index in [1.54, 1.807) is 17.9 Å². The molecule has 2 unspecified atom stereocenters. The van der Waals surface area contributed by atoms with Crippen LogP contribution in [-0.2, 0) is 16.9 Å². The Labute approximate surface area is 164 Å². The maximum absolute atomic E-state index is 14.4. The minimum Gasteiger partial charge on any atom is -0.445 e. The molecule has 0 spiro atoms. The molecule has 2 aliphatic rings. The standard InChI is InChI=1S/C22H25FN2O3/c1-15-10-11-19(23)20(24-15)22(27)12-17-8-5-9-18(13-22)25(17)21(26)28-14-16-6-3-2-4-7-16/h2-4,6-7,10-11,17-18,27H,5,8-9,12-14H2,1H3. The first-order valence-corrected chi connectivity index (χ1v) is 9.81. The number of ether oxygens (including phenoxy) is 1. The number of piperidine rings is 2. The van der Waals surface area contributed by atoms with Gasteiger partial charge in [-0.05, 0) is 43.9 Å². The summed E-state index contributed by atoms with van der Waals surface area (Å²) >= 11 is 0. The normalized spacial score (nSPS) is 26.8. The van der Waals surface area contributed by atoms with E-state index in [0.717, 1.165) is 24.8 Å². The van der Waals surface area contributed by atoms with Crippen LogP contribution in [0.4, 0.5) is 9.18 Å². The summed E-state index contributed by atoms with van der Waals surface area (Å²) in [6.45, 7) is 2.00. The summed E-state index contributed by atoms with van der Waals surface area (Å²) in [6.07, 6.45) is 2.71. The van der Waals surface area contributed by atoms with Gasteiger partial charge in [0.25, 0.3) is 0 Å². The Morgan fingerprint density at radius 3 is 2.57 bits per heavy atom. The van der Waals surface area contributed by atoms with Gasteiger partial charge in [0.15, 0.2) is 0 Å². The minimum absolute atomic E-state index is 0.0988. The highest BCUT2D eigenvalue weighted by molar-refractivity contribution is 5.69. The lowest BCUT2D eigenvalue weighted by atomic mass is 9.74. The molecule has 2 atom stereocenters. The maximum Gasteiger partial charge on any atom is 0.410 e. The number of pyridine rings is 1. The van der Waals surface area contributed by atoms with Crippen molar-refractivity contribution in [3.8, 4) is 0 Å². The second-order valence-corrected chi connectivity index (χ2v) is 7.91.